The Bertz CT molecular complexity index is 895. The van der Waals surface area contributed by atoms with Crippen molar-refractivity contribution in [2.75, 3.05) is 42.9 Å². The van der Waals surface area contributed by atoms with Crippen molar-refractivity contribution in [1.82, 2.24) is 4.90 Å². The van der Waals surface area contributed by atoms with Gasteiger partial charge in [-0.05, 0) is 43.3 Å². The SMILES string of the molecule is CCN1CCN(c2ccc(NC(=O)c3cc([N+](=O)[O-])ccc3Cl)c(C)c2)CC1. The Balaban J connectivity index is 1.74. The number of piperazine rings is 1. The van der Waals surface area contributed by atoms with Gasteiger partial charge in [0.05, 0.1) is 15.5 Å². The van der Waals surface area contributed by atoms with E-state index in [0.29, 0.717) is 5.69 Å². The first-order chi connectivity index (χ1) is 13.4. The van der Waals surface area contributed by atoms with E-state index >= 15 is 0 Å². The number of amides is 1. The average molecular weight is 403 g/mol. The van der Waals surface area contributed by atoms with E-state index in [2.05, 4.69) is 22.0 Å². The first-order valence-electron chi connectivity index (χ1n) is 9.22. The molecule has 2 aromatic carbocycles. The molecule has 0 aliphatic carbocycles. The van der Waals surface area contributed by atoms with Crippen molar-refractivity contribution in [2.24, 2.45) is 0 Å². The molecule has 1 amide bonds. The Morgan fingerprint density at radius 1 is 1.18 bits per heavy atom. The summed E-state index contributed by atoms with van der Waals surface area (Å²) in [5, 5.41) is 13.9. The Hall–Kier alpha value is -2.64. The van der Waals surface area contributed by atoms with Gasteiger partial charge in [0, 0.05) is 49.7 Å². The molecule has 0 aromatic heterocycles. The highest BCUT2D eigenvalue weighted by molar-refractivity contribution is 6.34. The van der Waals surface area contributed by atoms with Crippen LogP contribution in [-0.4, -0.2) is 48.5 Å². The van der Waals surface area contributed by atoms with E-state index in [0.717, 1.165) is 44.0 Å². The monoisotopic (exact) mass is 402 g/mol. The van der Waals surface area contributed by atoms with Crippen LogP contribution in [0.15, 0.2) is 36.4 Å². The number of carbonyl (C=O) groups excluding carboxylic acids is 1. The maximum atomic E-state index is 12.6. The molecule has 0 unspecified atom stereocenters. The maximum Gasteiger partial charge on any atom is 0.270 e. The molecule has 2 aromatic rings. The first-order valence-corrected chi connectivity index (χ1v) is 9.60. The van der Waals surface area contributed by atoms with Crippen LogP contribution in [0.5, 0.6) is 0 Å². The maximum absolute atomic E-state index is 12.6. The number of rotatable bonds is 5. The summed E-state index contributed by atoms with van der Waals surface area (Å²) >= 11 is 6.06. The van der Waals surface area contributed by atoms with Crippen molar-refractivity contribution in [2.45, 2.75) is 13.8 Å². The lowest BCUT2D eigenvalue weighted by Crippen LogP contribution is -2.46. The smallest absolute Gasteiger partial charge is 0.270 e. The van der Waals surface area contributed by atoms with Gasteiger partial charge in [0.15, 0.2) is 0 Å². The fraction of sp³-hybridized carbons (Fsp3) is 0.350. The summed E-state index contributed by atoms with van der Waals surface area (Å²) < 4.78 is 0. The van der Waals surface area contributed by atoms with Crippen LogP contribution in [0.1, 0.15) is 22.8 Å². The molecule has 0 bridgehead atoms. The van der Waals surface area contributed by atoms with Crippen molar-refractivity contribution in [3.05, 3.63) is 62.7 Å². The Kier molecular flexibility index (Phi) is 6.16. The van der Waals surface area contributed by atoms with Gasteiger partial charge in [-0.3, -0.25) is 14.9 Å². The summed E-state index contributed by atoms with van der Waals surface area (Å²) in [6.45, 7) is 9.20. The fourth-order valence-corrected chi connectivity index (χ4v) is 3.50. The number of nitro benzene ring substituents is 1. The van der Waals surface area contributed by atoms with Crippen LogP contribution < -0.4 is 10.2 Å². The zero-order valence-corrected chi connectivity index (χ0v) is 16.7. The number of hydrogen-bond acceptors (Lipinski definition) is 5. The number of anilines is 2. The van der Waals surface area contributed by atoms with Gasteiger partial charge in [0.25, 0.3) is 11.6 Å². The zero-order valence-electron chi connectivity index (χ0n) is 15.9. The number of aryl methyl sites for hydroxylation is 1. The van der Waals surface area contributed by atoms with Crippen LogP contribution in [0.25, 0.3) is 0 Å². The lowest BCUT2D eigenvalue weighted by atomic mass is 10.1. The molecule has 1 N–H and O–H groups in total. The number of nitrogens with one attached hydrogen (secondary N) is 1. The predicted octanol–water partition coefficient (Wildman–Crippen LogP) is 3.95. The predicted molar refractivity (Wildman–Crippen MR) is 112 cm³/mol. The summed E-state index contributed by atoms with van der Waals surface area (Å²) in [6.07, 6.45) is 0. The van der Waals surface area contributed by atoms with Gasteiger partial charge >= 0.3 is 0 Å². The lowest BCUT2D eigenvalue weighted by molar-refractivity contribution is -0.384. The lowest BCUT2D eigenvalue weighted by Gasteiger charge is -2.35. The second-order valence-corrected chi connectivity index (χ2v) is 7.20. The Morgan fingerprint density at radius 2 is 1.89 bits per heavy atom. The second-order valence-electron chi connectivity index (χ2n) is 6.80. The van der Waals surface area contributed by atoms with E-state index in [9.17, 15) is 14.9 Å². The molecule has 1 aliphatic rings. The third-order valence-electron chi connectivity index (χ3n) is 5.05. The van der Waals surface area contributed by atoms with Gasteiger partial charge < -0.3 is 15.1 Å². The van der Waals surface area contributed by atoms with E-state index < -0.39 is 10.8 Å². The number of likely N-dealkylation sites (N-methyl/N-ethyl adjacent to an activating group) is 1. The van der Waals surface area contributed by atoms with Gasteiger partial charge in [0.1, 0.15) is 0 Å². The third kappa shape index (κ3) is 4.43. The quantitative estimate of drug-likeness (QED) is 0.605. The largest absolute Gasteiger partial charge is 0.369 e. The normalized spacial score (nSPS) is 14.8. The molecule has 28 heavy (non-hydrogen) atoms. The highest BCUT2D eigenvalue weighted by Gasteiger charge is 2.18. The topological polar surface area (TPSA) is 78.7 Å². The number of carbonyl (C=O) groups is 1. The highest BCUT2D eigenvalue weighted by Crippen LogP contribution is 2.26. The molecule has 7 nitrogen and oxygen atoms in total. The summed E-state index contributed by atoms with van der Waals surface area (Å²) in [5.74, 6) is -0.471. The van der Waals surface area contributed by atoms with E-state index in [1.807, 2.05) is 25.1 Å². The number of non-ortho nitro benzene ring substituents is 1. The van der Waals surface area contributed by atoms with Gasteiger partial charge in [-0.25, -0.2) is 0 Å². The van der Waals surface area contributed by atoms with Gasteiger partial charge in [-0.15, -0.1) is 0 Å². The van der Waals surface area contributed by atoms with Crippen molar-refractivity contribution in [3.8, 4) is 0 Å². The van der Waals surface area contributed by atoms with Gasteiger partial charge in [-0.2, -0.15) is 0 Å². The standard InChI is InChI=1S/C20H23ClN4O3/c1-3-23-8-10-24(11-9-23)15-5-7-19(14(2)12-15)22-20(26)17-13-16(25(27)28)4-6-18(17)21/h4-7,12-13H,3,8-11H2,1-2H3,(H,22,26). The molecule has 148 valence electrons. The number of nitro groups is 1. The summed E-state index contributed by atoms with van der Waals surface area (Å²) in [7, 11) is 0. The van der Waals surface area contributed by atoms with E-state index in [1.165, 1.54) is 18.2 Å². The first kappa shape index (κ1) is 20.1. The number of nitrogens with zero attached hydrogens (tertiary/aromatic N) is 3. The van der Waals surface area contributed by atoms with Gasteiger partial charge in [-0.1, -0.05) is 18.5 Å². The molecular weight excluding hydrogens is 380 g/mol. The number of benzene rings is 2. The van der Waals surface area contributed by atoms with E-state index in [1.54, 1.807) is 0 Å². The molecule has 3 rings (SSSR count). The minimum atomic E-state index is -0.550. The molecule has 0 saturated carbocycles. The van der Waals surface area contributed by atoms with E-state index in [-0.39, 0.29) is 16.3 Å². The Labute approximate surface area is 169 Å². The van der Waals surface area contributed by atoms with Crippen molar-refractivity contribution in [3.63, 3.8) is 0 Å². The number of hydrogen-bond donors (Lipinski definition) is 1. The van der Waals surface area contributed by atoms with Crippen molar-refractivity contribution < 1.29 is 9.72 Å². The minimum absolute atomic E-state index is 0.0787. The molecule has 8 heteroatoms. The summed E-state index contributed by atoms with van der Waals surface area (Å²) in [4.78, 5) is 27.7. The molecule has 1 fully saturated rings. The van der Waals surface area contributed by atoms with Crippen LogP contribution in [0.4, 0.5) is 17.1 Å². The van der Waals surface area contributed by atoms with Crippen LogP contribution >= 0.6 is 11.6 Å². The van der Waals surface area contributed by atoms with Crippen LogP contribution in [-0.2, 0) is 0 Å². The molecule has 0 radical (unpaired) electrons. The molecule has 1 saturated heterocycles. The van der Waals surface area contributed by atoms with Crippen LogP contribution in [0.3, 0.4) is 0 Å². The summed E-state index contributed by atoms with van der Waals surface area (Å²) in [5.41, 5.74) is 2.61. The summed E-state index contributed by atoms with van der Waals surface area (Å²) in [6, 6.07) is 9.72. The molecule has 1 heterocycles. The third-order valence-corrected chi connectivity index (χ3v) is 5.38. The minimum Gasteiger partial charge on any atom is -0.369 e. The van der Waals surface area contributed by atoms with Crippen LogP contribution in [0, 0.1) is 17.0 Å². The second kappa shape index (κ2) is 8.58. The zero-order chi connectivity index (χ0) is 20.3. The van der Waals surface area contributed by atoms with E-state index in [4.69, 9.17) is 11.6 Å². The molecule has 0 spiro atoms. The average Bonchev–Trinajstić information content (AvgIpc) is 2.69. The fourth-order valence-electron chi connectivity index (χ4n) is 3.30. The Morgan fingerprint density at radius 3 is 2.50 bits per heavy atom. The van der Waals surface area contributed by atoms with Crippen LogP contribution in [0.2, 0.25) is 5.02 Å². The van der Waals surface area contributed by atoms with Crippen molar-refractivity contribution in [1.29, 1.82) is 0 Å². The molecule has 0 atom stereocenters. The number of halogens is 1. The molecular formula is C20H23ClN4O3. The van der Waals surface area contributed by atoms with Gasteiger partial charge in [0.2, 0.25) is 0 Å². The van der Waals surface area contributed by atoms with Crippen molar-refractivity contribution >= 4 is 34.6 Å². The molecule has 1 aliphatic heterocycles. The highest BCUT2D eigenvalue weighted by atomic mass is 35.5.